The Morgan fingerprint density at radius 2 is 1.89 bits per heavy atom. The van der Waals surface area contributed by atoms with Crippen molar-refractivity contribution in [2.24, 2.45) is 5.92 Å². The minimum atomic E-state index is -0.192. The van der Waals surface area contributed by atoms with Gasteiger partial charge < -0.3 is 10.4 Å². The van der Waals surface area contributed by atoms with Crippen molar-refractivity contribution in [1.82, 2.24) is 15.1 Å². The third kappa shape index (κ3) is 3.92. The first-order chi connectivity index (χ1) is 8.66. The standard InChI is InChI=1S/C14H29N3O/c1-12(2)14-4-3-7-17(14)11-13(18)10-16-8-5-15-6-9-16/h12-15,18H,3-11H2,1-2H3. The smallest absolute Gasteiger partial charge is 0.0793 e. The van der Waals surface area contributed by atoms with Gasteiger partial charge in [-0.2, -0.15) is 0 Å². The van der Waals surface area contributed by atoms with E-state index in [0.29, 0.717) is 12.0 Å². The molecule has 2 heterocycles. The predicted molar refractivity (Wildman–Crippen MR) is 74.7 cm³/mol. The Balaban J connectivity index is 1.74. The number of hydrogen-bond acceptors (Lipinski definition) is 4. The number of hydrogen-bond donors (Lipinski definition) is 2. The van der Waals surface area contributed by atoms with Crippen molar-refractivity contribution in [1.29, 1.82) is 0 Å². The molecule has 2 unspecified atom stereocenters. The highest BCUT2D eigenvalue weighted by Gasteiger charge is 2.28. The number of nitrogens with zero attached hydrogens (tertiary/aromatic N) is 2. The van der Waals surface area contributed by atoms with E-state index in [0.717, 1.165) is 39.3 Å². The maximum absolute atomic E-state index is 10.3. The second-order valence-electron chi connectivity index (χ2n) is 6.15. The van der Waals surface area contributed by atoms with Gasteiger partial charge in [0.1, 0.15) is 0 Å². The molecular weight excluding hydrogens is 226 g/mol. The highest BCUT2D eigenvalue weighted by molar-refractivity contribution is 4.84. The molecule has 4 heteroatoms. The largest absolute Gasteiger partial charge is 0.390 e. The fourth-order valence-electron chi connectivity index (χ4n) is 3.35. The minimum Gasteiger partial charge on any atom is -0.390 e. The van der Waals surface area contributed by atoms with E-state index in [9.17, 15) is 5.11 Å². The summed E-state index contributed by atoms with van der Waals surface area (Å²) in [7, 11) is 0. The zero-order chi connectivity index (χ0) is 13.0. The van der Waals surface area contributed by atoms with Crippen molar-refractivity contribution in [2.45, 2.75) is 38.8 Å². The van der Waals surface area contributed by atoms with E-state index < -0.39 is 0 Å². The number of nitrogens with one attached hydrogen (secondary N) is 1. The average molecular weight is 255 g/mol. The summed E-state index contributed by atoms with van der Waals surface area (Å²) in [6.45, 7) is 11.7. The van der Waals surface area contributed by atoms with E-state index >= 15 is 0 Å². The highest BCUT2D eigenvalue weighted by Crippen LogP contribution is 2.23. The van der Waals surface area contributed by atoms with Crippen LogP contribution >= 0.6 is 0 Å². The zero-order valence-electron chi connectivity index (χ0n) is 11.9. The molecule has 0 saturated carbocycles. The van der Waals surface area contributed by atoms with Crippen LogP contribution in [-0.4, -0.2) is 72.9 Å². The first-order valence-corrected chi connectivity index (χ1v) is 7.52. The summed E-state index contributed by atoms with van der Waals surface area (Å²) in [5.41, 5.74) is 0. The third-order valence-electron chi connectivity index (χ3n) is 4.31. The predicted octanol–water partition coefficient (Wildman–Crippen LogP) is 0.373. The van der Waals surface area contributed by atoms with Crippen LogP contribution in [0.2, 0.25) is 0 Å². The summed E-state index contributed by atoms with van der Waals surface area (Å²) in [6, 6.07) is 0.683. The molecule has 2 atom stereocenters. The van der Waals surface area contributed by atoms with Gasteiger partial charge in [-0.1, -0.05) is 13.8 Å². The van der Waals surface area contributed by atoms with Gasteiger partial charge in [0.15, 0.2) is 0 Å². The van der Waals surface area contributed by atoms with E-state index in [1.165, 1.54) is 19.4 Å². The Labute approximate surface area is 111 Å². The Bertz CT molecular complexity index is 241. The molecule has 0 aromatic heterocycles. The molecule has 2 aliphatic heterocycles. The molecule has 2 N–H and O–H groups in total. The Morgan fingerprint density at radius 3 is 2.56 bits per heavy atom. The van der Waals surface area contributed by atoms with Gasteiger partial charge in [0, 0.05) is 45.3 Å². The Kier molecular flexibility index (Phi) is 5.42. The van der Waals surface area contributed by atoms with Crippen LogP contribution in [0.4, 0.5) is 0 Å². The van der Waals surface area contributed by atoms with Gasteiger partial charge >= 0.3 is 0 Å². The number of aliphatic hydroxyl groups is 1. The number of piperazine rings is 1. The van der Waals surface area contributed by atoms with Crippen molar-refractivity contribution in [3.63, 3.8) is 0 Å². The highest BCUT2D eigenvalue weighted by atomic mass is 16.3. The van der Waals surface area contributed by atoms with Crippen molar-refractivity contribution in [3.05, 3.63) is 0 Å². The van der Waals surface area contributed by atoms with Gasteiger partial charge in [0.25, 0.3) is 0 Å². The molecule has 2 fully saturated rings. The first-order valence-electron chi connectivity index (χ1n) is 7.52. The average Bonchev–Trinajstić information content (AvgIpc) is 2.78. The van der Waals surface area contributed by atoms with Crippen LogP contribution < -0.4 is 5.32 Å². The van der Waals surface area contributed by atoms with Crippen LogP contribution in [0.25, 0.3) is 0 Å². The molecule has 0 bridgehead atoms. The number of β-amino-alcohol motifs (C(OH)–C–C–N with tert-alkyl or cyclic N) is 1. The number of rotatable bonds is 5. The second-order valence-corrected chi connectivity index (χ2v) is 6.15. The van der Waals surface area contributed by atoms with Gasteiger partial charge in [0.05, 0.1) is 6.10 Å². The SMILES string of the molecule is CC(C)C1CCCN1CC(O)CN1CCNCC1. The molecule has 0 aromatic carbocycles. The van der Waals surface area contributed by atoms with Crippen molar-refractivity contribution in [3.8, 4) is 0 Å². The van der Waals surface area contributed by atoms with Crippen molar-refractivity contribution in [2.75, 3.05) is 45.8 Å². The zero-order valence-corrected chi connectivity index (χ0v) is 11.9. The fourth-order valence-corrected chi connectivity index (χ4v) is 3.35. The van der Waals surface area contributed by atoms with Crippen molar-refractivity contribution >= 4 is 0 Å². The molecule has 2 saturated heterocycles. The lowest BCUT2D eigenvalue weighted by molar-refractivity contribution is 0.0587. The van der Waals surface area contributed by atoms with E-state index in [1.807, 2.05) is 0 Å². The van der Waals surface area contributed by atoms with Crippen LogP contribution in [0.5, 0.6) is 0 Å². The van der Waals surface area contributed by atoms with E-state index in [1.54, 1.807) is 0 Å². The molecule has 106 valence electrons. The maximum atomic E-state index is 10.3. The molecule has 2 rings (SSSR count). The summed E-state index contributed by atoms with van der Waals surface area (Å²) >= 11 is 0. The molecule has 4 nitrogen and oxygen atoms in total. The van der Waals surface area contributed by atoms with Crippen LogP contribution in [0.1, 0.15) is 26.7 Å². The van der Waals surface area contributed by atoms with E-state index in [-0.39, 0.29) is 6.10 Å². The van der Waals surface area contributed by atoms with Crippen molar-refractivity contribution < 1.29 is 5.11 Å². The monoisotopic (exact) mass is 255 g/mol. The summed E-state index contributed by atoms with van der Waals surface area (Å²) < 4.78 is 0. The lowest BCUT2D eigenvalue weighted by Crippen LogP contribution is -2.49. The van der Waals surface area contributed by atoms with Gasteiger partial charge in [-0.25, -0.2) is 0 Å². The third-order valence-corrected chi connectivity index (χ3v) is 4.31. The molecule has 2 aliphatic rings. The quantitative estimate of drug-likeness (QED) is 0.745. The molecule has 0 aliphatic carbocycles. The first kappa shape index (κ1) is 14.3. The summed E-state index contributed by atoms with van der Waals surface area (Å²) in [5, 5.41) is 13.6. The van der Waals surface area contributed by atoms with E-state index in [2.05, 4.69) is 29.0 Å². The van der Waals surface area contributed by atoms with Crippen LogP contribution in [0, 0.1) is 5.92 Å². The van der Waals surface area contributed by atoms with Crippen LogP contribution in [-0.2, 0) is 0 Å². The molecule has 18 heavy (non-hydrogen) atoms. The molecule has 0 radical (unpaired) electrons. The number of aliphatic hydroxyl groups excluding tert-OH is 1. The Hall–Kier alpha value is -0.160. The maximum Gasteiger partial charge on any atom is 0.0793 e. The topological polar surface area (TPSA) is 38.7 Å². The van der Waals surface area contributed by atoms with Gasteiger partial charge in [-0.15, -0.1) is 0 Å². The molecule has 0 aromatic rings. The van der Waals surface area contributed by atoms with E-state index in [4.69, 9.17) is 0 Å². The van der Waals surface area contributed by atoms with Gasteiger partial charge in [0.2, 0.25) is 0 Å². The van der Waals surface area contributed by atoms with Gasteiger partial charge in [-0.3, -0.25) is 9.80 Å². The normalized spacial score (nSPS) is 29.0. The molecular formula is C14H29N3O. The lowest BCUT2D eigenvalue weighted by Gasteiger charge is -2.33. The van der Waals surface area contributed by atoms with Crippen LogP contribution in [0.3, 0.4) is 0 Å². The minimum absolute atomic E-state index is 0.192. The lowest BCUT2D eigenvalue weighted by atomic mass is 10.0. The second kappa shape index (κ2) is 6.85. The fraction of sp³-hybridized carbons (Fsp3) is 1.00. The summed E-state index contributed by atoms with van der Waals surface area (Å²) in [5.74, 6) is 0.707. The molecule has 0 spiro atoms. The summed E-state index contributed by atoms with van der Waals surface area (Å²) in [6.07, 6.45) is 2.41. The Morgan fingerprint density at radius 1 is 1.17 bits per heavy atom. The molecule has 0 amide bonds. The summed E-state index contributed by atoms with van der Waals surface area (Å²) in [4.78, 5) is 4.87. The van der Waals surface area contributed by atoms with Crippen LogP contribution in [0.15, 0.2) is 0 Å². The van der Waals surface area contributed by atoms with Gasteiger partial charge in [-0.05, 0) is 25.3 Å². The number of likely N-dealkylation sites (tertiary alicyclic amines) is 1.